The highest BCUT2D eigenvalue weighted by Gasteiger charge is 2.29. The molecule has 3 amide bonds. The highest BCUT2D eigenvalue weighted by Crippen LogP contribution is 2.41. The summed E-state index contributed by atoms with van der Waals surface area (Å²) in [6.45, 7) is 0. The third-order valence-corrected chi connectivity index (χ3v) is 4.42. The van der Waals surface area contributed by atoms with E-state index in [1.165, 1.54) is 0 Å². The maximum Gasteiger partial charge on any atom is 0.326 e. The third-order valence-electron chi connectivity index (χ3n) is 4.42. The molecule has 0 atom stereocenters. The molecule has 0 radical (unpaired) electrons. The summed E-state index contributed by atoms with van der Waals surface area (Å²) in [5.41, 5.74) is 1.57. The van der Waals surface area contributed by atoms with Crippen molar-refractivity contribution in [2.45, 2.75) is 0 Å². The topological polar surface area (TPSA) is 75.3 Å². The van der Waals surface area contributed by atoms with Crippen LogP contribution in [0.2, 0.25) is 0 Å². The fourth-order valence-corrected chi connectivity index (χ4v) is 3.21. The average Bonchev–Trinajstić information content (AvgIpc) is 2.95. The predicted molar refractivity (Wildman–Crippen MR) is 98.2 cm³/mol. The van der Waals surface area contributed by atoms with Gasteiger partial charge in [-0.1, -0.05) is 42.5 Å². The van der Waals surface area contributed by atoms with Crippen LogP contribution in [-0.4, -0.2) is 17.7 Å². The lowest BCUT2D eigenvalue weighted by Crippen LogP contribution is -2.35. The summed E-state index contributed by atoms with van der Waals surface area (Å²) in [5, 5.41) is 4.37. The van der Waals surface area contributed by atoms with Gasteiger partial charge in [-0.15, -0.1) is 0 Å². The fourth-order valence-electron chi connectivity index (χ4n) is 3.21. The maximum atomic E-state index is 13.7. The van der Waals surface area contributed by atoms with E-state index in [2.05, 4.69) is 5.32 Å². The van der Waals surface area contributed by atoms with E-state index in [-0.39, 0.29) is 5.78 Å². The van der Waals surface area contributed by atoms with E-state index in [1.54, 1.807) is 42.5 Å². The lowest BCUT2D eigenvalue weighted by Gasteiger charge is -2.11. The number of hydrogen-bond donors (Lipinski definition) is 2. The molecule has 0 spiro atoms. The number of ketones is 1. The van der Waals surface area contributed by atoms with Crippen molar-refractivity contribution >= 4 is 23.4 Å². The molecule has 0 unspecified atom stereocenters. The number of imide groups is 1. The van der Waals surface area contributed by atoms with Gasteiger partial charge in [0.15, 0.2) is 5.78 Å². The Kier molecular flexibility index (Phi) is 4.19. The molecule has 0 saturated carbocycles. The Morgan fingerprint density at radius 1 is 0.750 bits per heavy atom. The molecule has 7 heteroatoms. The van der Waals surface area contributed by atoms with Crippen LogP contribution < -0.4 is 10.6 Å². The van der Waals surface area contributed by atoms with Crippen molar-refractivity contribution in [1.29, 1.82) is 0 Å². The van der Waals surface area contributed by atoms with Crippen LogP contribution in [0, 0.1) is 11.6 Å². The third kappa shape index (κ3) is 2.83. The zero-order chi connectivity index (χ0) is 19.8. The molecular formula is C21H12F2N2O3. The Labute approximate surface area is 158 Å². The number of halogens is 2. The Balaban J connectivity index is 1.61. The first-order valence-electron chi connectivity index (χ1n) is 8.31. The zero-order valence-electron chi connectivity index (χ0n) is 14.3. The minimum Gasteiger partial charge on any atom is -0.307 e. The number of amides is 3. The average molecular weight is 378 g/mol. The molecule has 0 fully saturated rings. The molecule has 0 saturated heterocycles. The van der Waals surface area contributed by atoms with Gasteiger partial charge < -0.3 is 5.32 Å². The molecule has 28 heavy (non-hydrogen) atoms. The summed E-state index contributed by atoms with van der Waals surface area (Å²) in [4.78, 5) is 36.8. The molecule has 0 bridgehead atoms. The summed E-state index contributed by atoms with van der Waals surface area (Å²) in [6, 6.07) is 13.7. The molecule has 0 aromatic heterocycles. The van der Waals surface area contributed by atoms with Crippen LogP contribution in [0.1, 0.15) is 26.3 Å². The molecule has 3 aromatic rings. The van der Waals surface area contributed by atoms with Crippen molar-refractivity contribution in [2.24, 2.45) is 0 Å². The molecule has 5 nitrogen and oxygen atoms in total. The summed E-state index contributed by atoms with van der Waals surface area (Å²) < 4.78 is 27.4. The largest absolute Gasteiger partial charge is 0.326 e. The van der Waals surface area contributed by atoms with Gasteiger partial charge in [0.1, 0.15) is 17.2 Å². The van der Waals surface area contributed by atoms with Gasteiger partial charge in [-0.05, 0) is 23.8 Å². The standard InChI is InChI=1S/C21H12F2N2O3/c22-14-8-4-9-15(23)18(14)20(27)25-21(28)24-16-10-3-7-13-17(16)11-5-1-2-6-12(11)19(13)26/h1-10H,(H2,24,25,27,28). The predicted octanol–water partition coefficient (Wildman–Crippen LogP) is 4.14. The molecule has 4 rings (SSSR count). The Morgan fingerprint density at radius 3 is 2.07 bits per heavy atom. The van der Waals surface area contributed by atoms with Crippen LogP contribution in [0.15, 0.2) is 60.7 Å². The highest BCUT2D eigenvalue weighted by atomic mass is 19.1. The van der Waals surface area contributed by atoms with Crippen LogP contribution in [0.3, 0.4) is 0 Å². The van der Waals surface area contributed by atoms with Crippen LogP contribution in [0.25, 0.3) is 11.1 Å². The van der Waals surface area contributed by atoms with Crippen LogP contribution in [-0.2, 0) is 0 Å². The van der Waals surface area contributed by atoms with E-state index in [1.807, 2.05) is 5.32 Å². The number of carbonyl (C=O) groups is 3. The van der Waals surface area contributed by atoms with Crippen LogP contribution in [0.4, 0.5) is 19.3 Å². The van der Waals surface area contributed by atoms with Gasteiger partial charge in [-0.25, -0.2) is 13.6 Å². The van der Waals surface area contributed by atoms with Crippen molar-refractivity contribution < 1.29 is 23.2 Å². The van der Waals surface area contributed by atoms with Crippen molar-refractivity contribution in [2.75, 3.05) is 5.32 Å². The van der Waals surface area contributed by atoms with Gasteiger partial charge in [0.05, 0.1) is 5.69 Å². The number of fused-ring (bicyclic) bond motifs is 3. The second-order valence-corrected chi connectivity index (χ2v) is 6.11. The van der Waals surface area contributed by atoms with E-state index >= 15 is 0 Å². The molecule has 2 N–H and O–H groups in total. The molecule has 3 aromatic carbocycles. The number of carbonyl (C=O) groups excluding carboxylic acids is 3. The van der Waals surface area contributed by atoms with Crippen LogP contribution >= 0.6 is 0 Å². The van der Waals surface area contributed by atoms with Crippen molar-refractivity contribution in [3.8, 4) is 11.1 Å². The van der Waals surface area contributed by atoms with Crippen molar-refractivity contribution in [3.63, 3.8) is 0 Å². The van der Waals surface area contributed by atoms with Gasteiger partial charge in [-0.2, -0.15) is 0 Å². The molecule has 138 valence electrons. The second-order valence-electron chi connectivity index (χ2n) is 6.11. The van der Waals surface area contributed by atoms with Gasteiger partial charge in [0.25, 0.3) is 5.91 Å². The Bertz CT molecular complexity index is 1140. The summed E-state index contributed by atoms with van der Waals surface area (Å²) in [7, 11) is 0. The first-order valence-corrected chi connectivity index (χ1v) is 8.31. The maximum absolute atomic E-state index is 13.7. The zero-order valence-corrected chi connectivity index (χ0v) is 14.3. The lowest BCUT2D eigenvalue weighted by molar-refractivity contribution is 0.0958. The SMILES string of the molecule is O=C(NC(=O)c1c(F)cccc1F)Nc1cccc2c1-c1ccccc1C2=O. The fraction of sp³-hybridized carbons (Fsp3) is 0. The number of urea groups is 1. The normalized spacial score (nSPS) is 11.6. The quantitative estimate of drug-likeness (QED) is 0.551. The number of nitrogens with one attached hydrogen (secondary N) is 2. The number of hydrogen-bond acceptors (Lipinski definition) is 3. The number of rotatable bonds is 2. The lowest BCUT2D eigenvalue weighted by atomic mass is 10.0. The van der Waals surface area contributed by atoms with E-state index in [0.29, 0.717) is 27.9 Å². The van der Waals surface area contributed by atoms with Gasteiger partial charge >= 0.3 is 6.03 Å². The first kappa shape index (κ1) is 17.5. The van der Waals surface area contributed by atoms with E-state index < -0.39 is 29.1 Å². The number of anilines is 1. The number of benzene rings is 3. The molecular weight excluding hydrogens is 366 g/mol. The smallest absolute Gasteiger partial charge is 0.307 e. The summed E-state index contributed by atoms with van der Waals surface area (Å²) >= 11 is 0. The van der Waals surface area contributed by atoms with Gasteiger partial charge in [0, 0.05) is 16.7 Å². The Hall–Kier alpha value is -3.87. The van der Waals surface area contributed by atoms with Crippen molar-refractivity contribution in [1.82, 2.24) is 5.32 Å². The van der Waals surface area contributed by atoms with E-state index in [0.717, 1.165) is 18.2 Å². The summed E-state index contributed by atoms with van der Waals surface area (Å²) in [6.07, 6.45) is 0. The molecule has 0 aliphatic heterocycles. The molecule has 1 aliphatic rings. The first-order chi connectivity index (χ1) is 13.5. The minimum absolute atomic E-state index is 0.167. The Morgan fingerprint density at radius 2 is 1.36 bits per heavy atom. The summed E-state index contributed by atoms with van der Waals surface area (Å²) in [5.74, 6) is -3.54. The van der Waals surface area contributed by atoms with Crippen molar-refractivity contribution in [3.05, 3.63) is 89.0 Å². The minimum atomic E-state index is -1.21. The van der Waals surface area contributed by atoms with E-state index in [9.17, 15) is 23.2 Å². The van der Waals surface area contributed by atoms with E-state index in [4.69, 9.17) is 0 Å². The van der Waals surface area contributed by atoms with Gasteiger partial charge in [-0.3, -0.25) is 14.9 Å². The highest BCUT2D eigenvalue weighted by molar-refractivity contribution is 6.24. The monoisotopic (exact) mass is 378 g/mol. The molecule has 0 heterocycles. The molecule has 1 aliphatic carbocycles. The van der Waals surface area contributed by atoms with Crippen LogP contribution in [0.5, 0.6) is 0 Å². The van der Waals surface area contributed by atoms with Gasteiger partial charge in [0.2, 0.25) is 0 Å². The second kappa shape index (κ2) is 6.70.